The number of aliphatic carboxylic acids is 1. The SMILES string of the molecule is COc1ccc([C@@]23CC[C@@H](NC(=O)Nc4cccc(Br)c4)C[C@@H]2N(C2CCOCC2)CC3)cc1OC.O=C(O)C(F)(F)F. The number of halogens is 4. The summed E-state index contributed by atoms with van der Waals surface area (Å²) < 4.78 is 49.5. The number of ether oxygens (including phenoxy) is 3. The van der Waals surface area contributed by atoms with Gasteiger partial charge in [0.15, 0.2) is 11.5 Å². The van der Waals surface area contributed by atoms with E-state index in [1.165, 1.54) is 5.56 Å². The van der Waals surface area contributed by atoms with Crippen LogP contribution in [0.5, 0.6) is 11.5 Å². The lowest BCUT2D eigenvalue weighted by molar-refractivity contribution is -0.192. The molecule has 43 heavy (non-hydrogen) atoms. The zero-order chi connectivity index (χ0) is 31.2. The lowest BCUT2D eigenvalue weighted by Gasteiger charge is -2.47. The molecule has 2 saturated heterocycles. The molecule has 1 aliphatic carbocycles. The molecule has 0 spiro atoms. The van der Waals surface area contributed by atoms with Crippen LogP contribution in [0, 0.1) is 0 Å². The van der Waals surface area contributed by atoms with E-state index in [1.54, 1.807) is 14.2 Å². The molecule has 2 aromatic carbocycles. The highest BCUT2D eigenvalue weighted by molar-refractivity contribution is 9.10. The molecule has 9 nitrogen and oxygen atoms in total. The van der Waals surface area contributed by atoms with E-state index in [4.69, 9.17) is 24.1 Å². The molecule has 2 aromatic rings. The van der Waals surface area contributed by atoms with E-state index in [2.05, 4.69) is 43.6 Å². The molecule has 5 rings (SSSR count). The van der Waals surface area contributed by atoms with E-state index < -0.39 is 12.1 Å². The summed E-state index contributed by atoms with van der Waals surface area (Å²) in [6.07, 6.45) is 1.06. The predicted octanol–water partition coefficient (Wildman–Crippen LogP) is 5.96. The van der Waals surface area contributed by atoms with E-state index in [9.17, 15) is 18.0 Å². The third-order valence-corrected chi connectivity index (χ3v) is 9.07. The Morgan fingerprint density at radius 1 is 1.05 bits per heavy atom. The Hall–Kier alpha value is -3.03. The summed E-state index contributed by atoms with van der Waals surface area (Å²) in [5.74, 6) is -1.22. The number of anilines is 1. The number of nitrogens with one attached hydrogen (secondary N) is 2. The number of urea groups is 1. The number of likely N-dealkylation sites (tertiary alicyclic amines) is 1. The van der Waals surface area contributed by atoms with E-state index in [1.807, 2.05) is 30.3 Å². The summed E-state index contributed by atoms with van der Waals surface area (Å²) in [7, 11) is 3.38. The van der Waals surface area contributed by atoms with E-state index in [-0.39, 0.29) is 17.5 Å². The molecule has 2 heterocycles. The number of alkyl halides is 3. The molecule has 1 saturated carbocycles. The van der Waals surface area contributed by atoms with Gasteiger partial charge in [-0.25, -0.2) is 9.59 Å². The number of fused-ring (bicyclic) bond motifs is 1. The van der Waals surface area contributed by atoms with Gasteiger partial charge < -0.3 is 30.0 Å². The largest absolute Gasteiger partial charge is 0.493 e. The molecule has 3 atom stereocenters. The van der Waals surface area contributed by atoms with Gasteiger partial charge >= 0.3 is 18.2 Å². The van der Waals surface area contributed by atoms with Crippen LogP contribution in [0.2, 0.25) is 0 Å². The minimum absolute atomic E-state index is 0.0385. The van der Waals surface area contributed by atoms with Crippen molar-refractivity contribution in [1.82, 2.24) is 10.2 Å². The minimum Gasteiger partial charge on any atom is -0.493 e. The number of nitrogens with zero attached hydrogens (tertiary/aromatic N) is 1. The fourth-order valence-corrected chi connectivity index (χ4v) is 6.97. The molecule has 2 aliphatic heterocycles. The zero-order valence-electron chi connectivity index (χ0n) is 24.1. The molecule has 0 unspecified atom stereocenters. The van der Waals surface area contributed by atoms with Gasteiger partial charge in [0.25, 0.3) is 0 Å². The zero-order valence-corrected chi connectivity index (χ0v) is 25.7. The van der Waals surface area contributed by atoms with Crippen molar-refractivity contribution < 1.29 is 42.1 Å². The molecule has 0 aromatic heterocycles. The summed E-state index contributed by atoms with van der Waals surface area (Å²) in [4.78, 5) is 24.5. The molecule has 2 amide bonds. The number of hydrogen-bond donors (Lipinski definition) is 3. The third-order valence-electron chi connectivity index (χ3n) is 8.58. The second-order valence-electron chi connectivity index (χ2n) is 11.0. The average Bonchev–Trinajstić information content (AvgIpc) is 3.37. The number of rotatable bonds is 6. The number of carboxylic acids is 1. The predicted molar refractivity (Wildman–Crippen MR) is 158 cm³/mol. The van der Waals surface area contributed by atoms with Crippen molar-refractivity contribution in [3.8, 4) is 11.5 Å². The molecule has 0 radical (unpaired) electrons. The molecule has 236 valence electrons. The summed E-state index contributed by atoms with van der Waals surface area (Å²) >= 11 is 3.47. The van der Waals surface area contributed by atoms with E-state index >= 15 is 0 Å². The van der Waals surface area contributed by atoms with Crippen LogP contribution in [0.25, 0.3) is 0 Å². The molecule has 3 aliphatic rings. The van der Waals surface area contributed by atoms with Crippen molar-refractivity contribution in [2.45, 2.75) is 68.2 Å². The van der Waals surface area contributed by atoms with Crippen LogP contribution in [0.4, 0.5) is 23.7 Å². The van der Waals surface area contributed by atoms with Gasteiger partial charge in [-0.05, 0) is 81.0 Å². The average molecular weight is 673 g/mol. The summed E-state index contributed by atoms with van der Waals surface area (Å²) in [5.41, 5.74) is 2.13. The maximum atomic E-state index is 12.9. The maximum absolute atomic E-state index is 12.9. The lowest BCUT2D eigenvalue weighted by Crippen LogP contribution is -2.55. The Morgan fingerprint density at radius 2 is 1.74 bits per heavy atom. The molecule has 0 bridgehead atoms. The normalized spacial score (nSPS) is 24.2. The lowest BCUT2D eigenvalue weighted by atomic mass is 9.65. The van der Waals surface area contributed by atoms with Crippen molar-refractivity contribution >= 4 is 33.6 Å². The van der Waals surface area contributed by atoms with Gasteiger partial charge in [0.1, 0.15) is 0 Å². The number of hydrogen-bond acceptors (Lipinski definition) is 6. The summed E-state index contributed by atoms with van der Waals surface area (Å²) in [5, 5.41) is 13.4. The van der Waals surface area contributed by atoms with Crippen LogP contribution in [0.15, 0.2) is 46.9 Å². The van der Waals surface area contributed by atoms with Crippen molar-refractivity contribution in [3.05, 3.63) is 52.5 Å². The van der Waals surface area contributed by atoms with Gasteiger partial charge in [-0.15, -0.1) is 0 Å². The number of carbonyl (C=O) groups excluding carboxylic acids is 1. The molecule has 3 N–H and O–H groups in total. The van der Waals surface area contributed by atoms with E-state index in [0.29, 0.717) is 12.1 Å². The maximum Gasteiger partial charge on any atom is 0.490 e. The van der Waals surface area contributed by atoms with E-state index in [0.717, 1.165) is 79.9 Å². The van der Waals surface area contributed by atoms with Crippen LogP contribution in [-0.4, -0.2) is 80.3 Å². The quantitative estimate of drug-likeness (QED) is 0.348. The monoisotopic (exact) mass is 671 g/mol. The van der Waals surface area contributed by atoms with Crippen molar-refractivity contribution in [3.63, 3.8) is 0 Å². The van der Waals surface area contributed by atoms with Gasteiger partial charge in [0.2, 0.25) is 0 Å². The third kappa shape index (κ3) is 7.93. The van der Waals surface area contributed by atoms with Crippen LogP contribution < -0.4 is 20.1 Å². The standard InChI is InChI=1S/C28H36BrN3O4.C2HF3O2/c1-34-24-7-6-19(16-25(24)35-2)28-11-8-22(31-27(33)30-21-5-3-4-20(29)17-21)18-26(28)32(13-12-28)23-9-14-36-15-10-23;3-2(4,5)1(6)7/h3-7,16-17,22-23,26H,8-15,18H2,1-2H3,(H2,30,31,33);(H,6,7)/t22-,26+,28+;/m1./s1. The number of benzene rings is 2. The molecular weight excluding hydrogens is 635 g/mol. The number of carbonyl (C=O) groups is 2. The molecular formula is C30H37BrF3N3O6. The number of carboxylic acid groups (broad SMARTS) is 1. The van der Waals surface area contributed by atoms with Gasteiger partial charge in [-0.3, -0.25) is 4.90 Å². The molecule has 13 heteroatoms. The second-order valence-corrected chi connectivity index (χ2v) is 11.9. The Labute approximate surface area is 257 Å². The topological polar surface area (TPSA) is 109 Å². The summed E-state index contributed by atoms with van der Waals surface area (Å²) in [6, 6.07) is 15.0. The Bertz CT molecular complexity index is 1280. The fourth-order valence-electron chi connectivity index (χ4n) is 6.57. The Kier molecular flexibility index (Phi) is 10.8. The van der Waals surface area contributed by atoms with Crippen LogP contribution in [0.3, 0.4) is 0 Å². The molecule has 3 fully saturated rings. The van der Waals surface area contributed by atoms with Gasteiger partial charge in [-0.1, -0.05) is 28.1 Å². The first-order chi connectivity index (χ1) is 20.5. The number of methoxy groups -OCH3 is 2. The first-order valence-corrected chi connectivity index (χ1v) is 15.0. The Morgan fingerprint density at radius 3 is 2.37 bits per heavy atom. The smallest absolute Gasteiger partial charge is 0.490 e. The van der Waals surface area contributed by atoms with Crippen molar-refractivity contribution in [1.29, 1.82) is 0 Å². The van der Waals surface area contributed by atoms with Gasteiger partial charge in [0, 0.05) is 46.9 Å². The first-order valence-electron chi connectivity index (χ1n) is 14.2. The van der Waals surface area contributed by atoms with Crippen LogP contribution in [0.1, 0.15) is 44.1 Å². The van der Waals surface area contributed by atoms with Gasteiger partial charge in [0.05, 0.1) is 14.2 Å². The summed E-state index contributed by atoms with van der Waals surface area (Å²) in [6.45, 7) is 2.72. The highest BCUT2D eigenvalue weighted by atomic mass is 79.9. The fraction of sp³-hybridized carbons (Fsp3) is 0.533. The van der Waals surface area contributed by atoms with Gasteiger partial charge in [-0.2, -0.15) is 13.2 Å². The van der Waals surface area contributed by atoms with Crippen LogP contribution >= 0.6 is 15.9 Å². The Balaban J connectivity index is 0.000000541. The minimum atomic E-state index is -5.08. The second kappa shape index (κ2) is 14.2. The number of amides is 2. The van der Waals surface area contributed by atoms with Crippen molar-refractivity contribution in [2.75, 3.05) is 39.3 Å². The highest BCUT2D eigenvalue weighted by Gasteiger charge is 2.53. The van der Waals surface area contributed by atoms with Crippen LogP contribution in [-0.2, 0) is 14.9 Å². The first kappa shape index (κ1) is 32.9. The van der Waals surface area contributed by atoms with Crippen molar-refractivity contribution in [2.24, 2.45) is 0 Å². The highest BCUT2D eigenvalue weighted by Crippen LogP contribution is 2.51.